The van der Waals surface area contributed by atoms with E-state index in [1.54, 1.807) is 0 Å². The van der Waals surface area contributed by atoms with Crippen molar-refractivity contribution in [1.29, 1.82) is 0 Å². The largest absolute Gasteiger partial charge is 0.343 e. The molecule has 2 aromatic rings. The van der Waals surface area contributed by atoms with Gasteiger partial charge in [0.25, 0.3) is 5.91 Å². The van der Waals surface area contributed by atoms with Gasteiger partial charge in [0.15, 0.2) is 0 Å². The lowest BCUT2D eigenvalue weighted by atomic mass is 9.86. The van der Waals surface area contributed by atoms with Crippen LogP contribution in [0.25, 0.3) is 0 Å². The molecule has 114 valence electrons. The molecular formula is C20H23NO. The molecule has 0 bridgehead atoms. The van der Waals surface area contributed by atoms with Gasteiger partial charge in [0.05, 0.1) is 5.54 Å². The van der Waals surface area contributed by atoms with Gasteiger partial charge in [0, 0.05) is 5.56 Å². The van der Waals surface area contributed by atoms with Gasteiger partial charge >= 0.3 is 0 Å². The van der Waals surface area contributed by atoms with Gasteiger partial charge in [0.1, 0.15) is 0 Å². The predicted molar refractivity (Wildman–Crippen MR) is 90.0 cm³/mol. The maximum Gasteiger partial charge on any atom is 0.251 e. The summed E-state index contributed by atoms with van der Waals surface area (Å²) in [5.41, 5.74) is 3.13. The zero-order valence-electron chi connectivity index (χ0n) is 13.5. The normalized spacial score (nSPS) is 16.1. The number of carbonyl (C=O) groups excluding carboxylic acids is 1. The molecule has 0 aliphatic heterocycles. The van der Waals surface area contributed by atoms with Crippen molar-refractivity contribution in [3.8, 4) is 0 Å². The van der Waals surface area contributed by atoms with Crippen LogP contribution in [0.4, 0.5) is 0 Å². The van der Waals surface area contributed by atoms with Gasteiger partial charge in [-0.25, -0.2) is 0 Å². The zero-order valence-corrected chi connectivity index (χ0v) is 13.5. The van der Waals surface area contributed by atoms with E-state index in [4.69, 9.17) is 0 Å². The fraction of sp³-hybridized carbons (Fsp3) is 0.350. The van der Waals surface area contributed by atoms with Crippen LogP contribution in [0.5, 0.6) is 0 Å². The third-order valence-electron chi connectivity index (χ3n) is 4.44. The lowest BCUT2D eigenvalue weighted by Gasteiger charge is -2.20. The Hall–Kier alpha value is -2.09. The second kappa shape index (κ2) is 5.28. The Bertz CT molecular complexity index is 661. The maximum atomic E-state index is 12.5. The summed E-state index contributed by atoms with van der Waals surface area (Å²) >= 11 is 0. The van der Waals surface area contributed by atoms with E-state index < -0.39 is 0 Å². The first-order chi connectivity index (χ1) is 10.4. The zero-order chi connectivity index (χ0) is 15.8. The van der Waals surface area contributed by atoms with Crippen LogP contribution in [0.3, 0.4) is 0 Å². The van der Waals surface area contributed by atoms with Crippen LogP contribution in [0.2, 0.25) is 0 Å². The van der Waals surface area contributed by atoms with E-state index in [1.165, 1.54) is 11.1 Å². The summed E-state index contributed by atoms with van der Waals surface area (Å²) in [5, 5.41) is 3.22. The second-order valence-corrected chi connectivity index (χ2v) is 7.23. The third-order valence-corrected chi connectivity index (χ3v) is 4.44. The van der Waals surface area contributed by atoms with Crippen molar-refractivity contribution in [3.63, 3.8) is 0 Å². The summed E-state index contributed by atoms with van der Waals surface area (Å²) in [7, 11) is 0. The molecule has 0 radical (unpaired) electrons. The number of nitrogens with one attached hydrogen (secondary N) is 1. The topological polar surface area (TPSA) is 29.1 Å². The average Bonchev–Trinajstić information content (AvgIpc) is 3.28. The quantitative estimate of drug-likeness (QED) is 0.892. The van der Waals surface area contributed by atoms with E-state index in [0.717, 1.165) is 18.4 Å². The molecule has 1 amide bonds. The predicted octanol–water partition coefficient (Wildman–Crippen LogP) is 4.40. The van der Waals surface area contributed by atoms with Crippen molar-refractivity contribution in [3.05, 3.63) is 71.3 Å². The Balaban J connectivity index is 1.75. The molecule has 1 saturated carbocycles. The lowest BCUT2D eigenvalue weighted by Crippen LogP contribution is -2.34. The number of hydrogen-bond acceptors (Lipinski definition) is 1. The molecule has 1 aliphatic rings. The van der Waals surface area contributed by atoms with Gasteiger partial charge in [-0.05, 0) is 41.5 Å². The smallest absolute Gasteiger partial charge is 0.251 e. The Morgan fingerprint density at radius 3 is 2.05 bits per heavy atom. The summed E-state index contributed by atoms with van der Waals surface area (Å²) in [6.45, 7) is 6.53. The van der Waals surface area contributed by atoms with E-state index >= 15 is 0 Å². The molecule has 0 atom stereocenters. The summed E-state index contributed by atoms with van der Waals surface area (Å²) < 4.78 is 0. The summed E-state index contributed by atoms with van der Waals surface area (Å²) in [6.07, 6.45) is 2.03. The first kappa shape index (κ1) is 14.8. The molecule has 0 heterocycles. The van der Waals surface area contributed by atoms with Gasteiger partial charge in [-0.15, -0.1) is 0 Å². The molecule has 1 fully saturated rings. The first-order valence-corrected chi connectivity index (χ1v) is 7.89. The molecule has 2 aromatic carbocycles. The summed E-state index contributed by atoms with van der Waals surface area (Å²) in [6, 6.07) is 18.2. The Kier molecular flexibility index (Phi) is 3.56. The van der Waals surface area contributed by atoms with Crippen molar-refractivity contribution in [2.75, 3.05) is 0 Å². The van der Waals surface area contributed by atoms with Crippen molar-refractivity contribution in [1.82, 2.24) is 5.32 Å². The highest BCUT2D eigenvalue weighted by molar-refractivity contribution is 5.95. The fourth-order valence-corrected chi connectivity index (χ4v) is 2.78. The SMILES string of the molecule is CC(C)(C)c1ccc(C(=O)NC2(c3ccccc3)CC2)cc1. The van der Waals surface area contributed by atoms with Gasteiger partial charge in [0.2, 0.25) is 0 Å². The highest BCUT2D eigenvalue weighted by atomic mass is 16.1. The number of benzene rings is 2. The molecule has 3 rings (SSSR count). The molecular weight excluding hydrogens is 270 g/mol. The highest BCUT2D eigenvalue weighted by Crippen LogP contribution is 2.45. The Morgan fingerprint density at radius 2 is 1.55 bits per heavy atom. The minimum absolute atomic E-state index is 0.0156. The minimum Gasteiger partial charge on any atom is -0.343 e. The number of carbonyl (C=O) groups is 1. The summed E-state index contributed by atoms with van der Waals surface area (Å²) in [4.78, 5) is 12.5. The van der Waals surface area contributed by atoms with E-state index in [2.05, 4.69) is 50.4 Å². The maximum absolute atomic E-state index is 12.5. The standard InChI is InChI=1S/C20H23NO/c1-19(2,3)16-11-9-15(10-12-16)18(22)21-20(13-14-20)17-7-5-4-6-8-17/h4-12H,13-14H2,1-3H3,(H,21,22). The first-order valence-electron chi connectivity index (χ1n) is 7.89. The number of amides is 1. The molecule has 0 saturated heterocycles. The molecule has 0 aromatic heterocycles. The van der Waals surface area contributed by atoms with Crippen molar-refractivity contribution in [2.24, 2.45) is 0 Å². The van der Waals surface area contributed by atoms with Crippen molar-refractivity contribution >= 4 is 5.91 Å². The summed E-state index contributed by atoms with van der Waals surface area (Å²) in [5.74, 6) is 0.0156. The van der Waals surface area contributed by atoms with E-state index in [1.807, 2.05) is 30.3 Å². The molecule has 2 heteroatoms. The van der Waals surface area contributed by atoms with Gasteiger partial charge in [-0.2, -0.15) is 0 Å². The van der Waals surface area contributed by atoms with E-state index in [0.29, 0.717) is 0 Å². The lowest BCUT2D eigenvalue weighted by molar-refractivity contribution is 0.0931. The monoisotopic (exact) mass is 293 g/mol. The van der Waals surface area contributed by atoms with Crippen LogP contribution in [0.1, 0.15) is 55.1 Å². The number of hydrogen-bond donors (Lipinski definition) is 1. The van der Waals surface area contributed by atoms with Crippen molar-refractivity contribution < 1.29 is 4.79 Å². The molecule has 1 aliphatic carbocycles. The van der Waals surface area contributed by atoms with Crippen molar-refractivity contribution in [2.45, 2.75) is 44.6 Å². The third kappa shape index (κ3) is 2.92. The average molecular weight is 293 g/mol. The molecule has 0 unspecified atom stereocenters. The van der Waals surface area contributed by atoms with Crippen LogP contribution >= 0.6 is 0 Å². The van der Waals surface area contributed by atoms with Gasteiger partial charge in [-0.3, -0.25) is 4.79 Å². The van der Waals surface area contributed by atoms with Crippen LogP contribution in [0.15, 0.2) is 54.6 Å². The highest BCUT2D eigenvalue weighted by Gasteiger charge is 2.45. The second-order valence-electron chi connectivity index (χ2n) is 7.23. The van der Waals surface area contributed by atoms with Gasteiger partial charge in [-0.1, -0.05) is 63.2 Å². The van der Waals surface area contributed by atoms with Crippen LogP contribution in [-0.2, 0) is 11.0 Å². The van der Waals surface area contributed by atoms with E-state index in [9.17, 15) is 4.79 Å². The van der Waals surface area contributed by atoms with Crippen LogP contribution in [-0.4, -0.2) is 5.91 Å². The Labute approximate surface area is 132 Å². The van der Waals surface area contributed by atoms with Crippen LogP contribution < -0.4 is 5.32 Å². The fourth-order valence-electron chi connectivity index (χ4n) is 2.78. The van der Waals surface area contributed by atoms with Gasteiger partial charge < -0.3 is 5.32 Å². The molecule has 1 N–H and O–H groups in total. The number of rotatable bonds is 3. The minimum atomic E-state index is -0.152. The molecule has 0 spiro atoms. The molecule has 2 nitrogen and oxygen atoms in total. The van der Waals surface area contributed by atoms with Crippen LogP contribution in [0, 0.1) is 0 Å². The molecule has 22 heavy (non-hydrogen) atoms. The van der Waals surface area contributed by atoms with E-state index in [-0.39, 0.29) is 16.9 Å². The Morgan fingerprint density at radius 1 is 0.955 bits per heavy atom.